The molecule has 5 aliphatic rings. The zero-order chi connectivity index (χ0) is 19.1. The second kappa shape index (κ2) is 7.18. The van der Waals surface area contributed by atoms with Gasteiger partial charge >= 0.3 is 5.97 Å². The highest BCUT2D eigenvalue weighted by molar-refractivity contribution is 5.95. The van der Waals surface area contributed by atoms with Crippen molar-refractivity contribution in [3.05, 3.63) is 29.8 Å². The lowest BCUT2D eigenvalue weighted by Gasteiger charge is -2.56. The van der Waals surface area contributed by atoms with Crippen LogP contribution in [-0.2, 0) is 14.3 Å². The quantitative estimate of drug-likeness (QED) is 0.775. The van der Waals surface area contributed by atoms with E-state index in [9.17, 15) is 9.59 Å². The molecule has 4 saturated carbocycles. The second-order valence-electron chi connectivity index (χ2n) is 9.56. The van der Waals surface area contributed by atoms with Crippen molar-refractivity contribution in [3.8, 4) is 0 Å². The van der Waals surface area contributed by atoms with E-state index >= 15 is 0 Å². The first-order valence-electron chi connectivity index (χ1n) is 10.8. The lowest BCUT2D eigenvalue weighted by Crippen LogP contribution is -2.48. The number of anilines is 1. The zero-order valence-electron chi connectivity index (χ0n) is 16.3. The standard InChI is InChI=1S/C23H29NO4/c25-21(20-2-1-7-27-20)24-19-5-3-18(4-6-19)22(26)28-14-23-11-15-8-16(12-23)10-17(9-15)13-23/h3-6,15-17,20H,1-2,7-14H2,(H,24,25). The first kappa shape index (κ1) is 18.2. The fourth-order valence-corrected chi connectivity index (χ4v) is 6.47. The molecule has 4 aliphatic carbocycles. The van der Waals surface area contributed by atoms with Crippen LogP contribution in [0, 0.1) is 23.2 Å². The van der Waals surface area contributed by atoms with Crippen molar-refractivity contribution in [2.75, 3.05) is 18.5 Å². The van der Waals surface area contributed by atoms with Crippen molar-refractivity contribution in [2.45, 2.75) is 57.5 Å². The van der Waals surface area contributed by atoms with Crippen LogP contribution in [0.15, 0.2) is 24.3 Å². The SMILES string of the molecule is O=C(OCC12CC3CC(CC(C3)C1)C2)c1ccc(NC(=O)C2CCCO2)cc1. The van der Waals surface area contributed by atoms with E-state index in [0.717, 1.165) is 30.6 Å². The van der Waals surface area contributed by atoms with Crippen LogP contribution >= 0.6 is 0 Å². The van der Waals surface area contributed by atoms with Gasteiger partial charge in [0.2, 0.25) is 0 Å². The number of esters is 1. The minimum Gasteiger partial charge on any atom is -0.462 e. The summed E-state index contributed by atoms with van der Waals surface area (Å²) in [6.07, 6.45) is 9.23. The number of hydrogen-bond donors (Lipinski definition) is 1. The first-order chi connectivity index (χ1) is 13.6. The number of amides is 1. The Bertz CT molecular complexity index is 715. The fourth-order valence-electron chi connectivity index (χ4n) is 6.47. The minimum atomic E-state index is -0.357. The van der Waals surface area contributed by atoms with E-state index in [0.29, 0.717) is 24.5 Å². The van der Waals surface area contributed by atoms with Crippen LogP contribution in [0.2, 0.25) is 0 Å². The Balaban J connectivity index is 1.16. The van der Waals surface area contributed by atoms with Gasteiger partial charge in [0.25, 0.3) is 5.91 Å². The Labute approximate surface area is 166 Å². The summed E-state index contributed by atoms with van der Waals surface area (Å²) in [6.45, 7) is 1.21. The highest BCUT2D eigenvalue weighted by Gasteiger charge is 2.51. The minimum absolute atomic E-state index is 0.116. The molecule has 1 heterocycles. The van der Waals surface area contributed by atoms with Crippen molar-refractivity contribution >= 4 is 17.6 Å². The highest BCUT2D eigenvalue weighted by atomic mass is 16.5. The maximum atomic E-state index is 12.6. The van der Waals surface area contributed by atoms with E-state index in [1.165, 1.54) is 38.5 Å². The summed E-state index contributed by atoms with van der Waals surface area (Å²) >= 11 is 0. The van der Waals surface area contributed by atoms with Crippen LogP contribution in [0.4, 0.5) is 5.69 Å². The largest absolute Gasteiger partial charge is 0.462 e. The Morgan fingerprint density at radius 3 is 2.25 bits per heavy atom. The summed E-state index contributed by atoms with van der Waals surface area (Å²) in [5.74, 6) is 2.20. The predicted molar refractivity (Wildman–Crippen MR) is 105 cm³/mol. The van der Waals surface area contributed by atoms with Gasteiger partial charge < -0.3 is 14.8 Å². The smallest absolute Gasteiger partial charge is 0.338 e. The van der Waals surface area contributed by atoms with Crippen molar-refractivity contribution in [1.29, 1.82) is 0 Å². The number of rotatable bonds is 5. The molecule has 1 atom stereocenters. The summed E-state index contributed by atoms with van der Waals surface area (Å²) in [7, 11) is 0. The second-order valence-corrected chi connectivity index (χ2v) is 9.56. The molecule has 4 bridgehead atoms. The molecular formula is C23H29NO4. The van der Waals surface area contributed by atoms with Crippen LogP contribution in [0.25, 0.3) is 0 Å². The van der Waals surface area contributed by atoms with E-state index in [1.807, 2.05) is 0 Å². The summed E-state index contributed by atoms with van der Waals surface area (Å²) < 4.78 is 11.2. The summed E-state index contributed by atoms with van der Waals surface area (Å²) in [5, 5.41) is 2.85. The molecule has 1 N–H and O–H groups in total. The van der Waals surface area contributed by atoms with Gasteiger partial charge in [-0.15, -0.1) is 0 Å². The molecule has 5 nitrogen and oxygen atoms in total. The molecule has 0 spiro atoms. The van der Waals surface area contributed by atoms with Gasteiger partial charge in [0, 0.05) is 17.7 Å². The van der Waals surface area contributed by atoms with Gasteiger partial charge in [0.05, 0.1) is 12.2 Å². The molecule has 28 heavy (non-hydrogen) atoms. The number of benzene rings is 1. The Morgan fingerprint density at radius 2 is 1.68 bits per heavy atom. The van der Waals surface area contributed by atoms with Gasteiger partial charge in [-0.25, -0.2) is 4.79 Å². The molecule has 5 heteroatoms. The van der Waals surface area contributed by atoms with Crippen LogP contribution in [0.1, 0.15) is 61.7 Å². The third-order valence-electron chi connectivity index (χ3n) is 7.28. The van der Waals surface area contributed by atoms with Crippen molar-refractivity contribution < 1.29 is 19.1 Å². The number of carbonyl (C=O) groups excluding carboxylic acids is 2. The van der Waals surface area contributed by atoms with Gasteiger partial charge in [0.1, 0.15) is 6.10 Å². The summed E-state index contributed by atoms with van der Waals surface area (Å²) in [6, 6.07) is 6.97. The number of carbonyl (C=O) groups is 2. The van der Waals surface area contributed by atoms with E-state index in [-0.39, 0.29) is 23.4 Å². The lowest BCUT2D eigenvalue weighted by atomic mass is 9.50. The van der Waals surface area contributed by atoms with E-state index in [1.54, 1.807) is 24.3 Å². The summed E-state index contributed by atoms with van der Waals surface area (Å²) in [5.41, 5.74) is 1.46. The molecule has 0 aromatic heterocycles. The molecular weight excluding hydrogens is 354 g/mol. The molecule has 1 unspecified atom stereocenters. The topological polar surface area (TPSA) is 64.6 Å². The molecule has 1 aromatic rings. The van der Waals surface area contributed by atoms with Crippen LogP contribution in [0.3, 0.4) is 0 Å². The van der Waals surface area contributed by atoms with Gasteiger partial charge in [-0.3, -0.25) is 4.79 Å². The highest BCUT2D eigenvalue weighted by Crippen LogP contribution is 2.60. The maximum absolute atomic E-state index is 12.6. The zero-order valence-corrected chi connectivity index (χ0v) is 16.3. The fraction of sp³-hybridized carbons (Fsp3) is 0.652. The van der Waals surface area contributed by atoms with E-state index < -0.39 is 0 Å². The molecule has 1 aromatic carbocycles. The lowest BCUT2D eigenvalue weighted by molar-refractivity contribution is -0.124. The normalized spacial score (nSPS) is 35.7. The van der Waals surface area contributed by atoms with Crippen molar-refractivity contribution in [1.82, 2.24) is 0 Å². The third kappa shape index (κ3) is 3.57. The average molecular weight is 383 g/mol. The number of nitrogens with one attached hydrogen (secondary N) is 1. The van der Waals surface area contributed by atoms with Gasteiger partial charge in [0.15, 0.2) is 0 Å². The Hall–Kier alpha value is -1.88. The predicted octanol–water partition coefficient (Wildman–Crippen LogP) is 4.18. The average Bonchev–Trinajstić information content (AvgIpc) is 3.21. The molecule has 6 rings (SSSR count). The molecule has 1 amide bonds. The maximum Gasteiger partial charge on any atom is 0.338 e. The number of ether oxygens (including phenoxy) is 2. The molecule has 5 fully saturated rings. The summed E-state index contributed by atoms with van der Waals surface area (Å²) in [4.78, 5) is 24.7. The molecule has 0 radical (unpaired) electrons. The van der Waals surface area contributed by atoms with Gasteiger partial charge in [-0.1, -0.05) is 0 Å². The van der Waals surface area contributed by atoms with Crippen molar-refractivity contribution in [2.24, 2.45) is 23.2 Å². The Morgan fingerprint density at radius 1 is 1.04 bits per heavy atom. The monoisotopic (exact) mass is 383 g/mol. The molecule has 1 saturated heterocycles. The van der Waals surface area contributed by atoms with E-state index in [2.05, 4.69) is 5.32 Å². The van der Waals surface area contributed by atoms with Crippen LogP contribution in [-0.4, -0.2) is 31.2 Å². The van der Waals surface area contributed by atoms with Gasteiger partial charge in [-0.05, 0) is 93.4 Å². The van der Waals surface area contributed by atoms with Crippen LogP contribution in [0.5, 0.6) is 0 Å². The molecule has 150 valence electrons. The van der Waals surface area contributed by atoms with Crippen molar-refractivity contribution in [3.63, 3.8) is 0 Å². The third-order valence-corrected chi connectivity index (χ3v) is 7.28. The van der Waals surface area contributed by atoms with E-state index in [4.69, 9.17) is 9.47 Å². The van der Waals surface area contributed by atoms with Crippen LogP contribution < -0.4 is 5.32 Å². The van der Waals surface area contributed by atoms with Gasteiger partial charge in [-0.2, -0.15) is 0 Å². The molecule has 1 aliphatic heterocycles. The number of hydrogen-bond acceptors (Lipinski definition) is 4. The Kier molecular flexibility index (Phi) is 4.66. The first-order valence-corrected chi connectivity index (χ1v) is 10.8.